The topological polar surface area (TPSA) is 98.4 Å². The number of aromatic hydroxyl groups is 1. The van der Waals surface area contributed by atoms with Crippen LogP contribution in [0.25, 0.3) is 32.9 Å². The van der Waals surface area contributed by atoms with Crippen molar-refractivity contribution in [3.05, 3.63) is 47.7 Å². The number of nitriles is 1. The summed E-state index contributed by atoms with van der Waals surface area (Å²) in [6.45, 7) is 4.35. The molecule has 4 aromatic rings. The van der Waals surface area contributed by atoms with Crippen molar-refractivity contribution in [2.75, 3.05) is 37.7 Å². The van der Waals surface area contributed by atoms with Crippen LogP contribution in [0.15, 0.2) is 30.5 Å². The van der Waals surface area contributed by atoms with Gasteiger partial charge in [0.2, 0.25) is 0 Å². The van der Waals surface area contributed by atoms with Gasteiger partial charge in [0.15, 0.2) is 5.82 Å². The Hall–Kier alpha value is -4.17. The molecule has 8 nitrogen and oxygen atoms in total. The molecule has 0 radical (unpaired) electrons. The second-order valence-electron chi connectivity index (χ2n) is 12.6. The third kappa shape index (κ3) is 5.19. The third-order valence-electron chi connectivity index (χ3n) is 9.85. The zero-order valence-electron chi connectivity index (χ0n) is 25.2. The van der Waals surface area contributed by atoms with E-state index in [9.17, 15) is 19.1 Å². The first-order chi connectivity index (χ1) is 21.8. The lowest BCUT2D eigenvalue weighted by Crippen LogP contribution is -2.43. The summed E-state index contributed by atoms with van der Waals surface area (Å²) < 4.78 is 52.4. The molecule has 1 unspecified atom stereocenters. The molecule has 3 aliphatic rings. The van der Waals surface area contributed by atoms with Gasteiger partial charge < -0.3 is 14.7 Å². The highest BCUT2D eigenvalue weighted by Gasteiger charge is 2.49. The molecule has 3 fully saturated rings. The van der Waals surface area contributed by atoms with Crippen molar-refractivity contribution in [1.29, 1.82) is 5.26 Å². The number of aromatic nitrogens is 3. The van der Waals surface area contributed by atoms with Crippen LogP contribution in [0.4, 0.5) is 19.0 Å². The normalized spacial score (nSPS) is 23.8. The number of aryl methyl sites for hydroxylation is 1. The molecule has 234 valence electrons. The monoisotopic (exact) mass is 616 g/mol. The van der Waals surface area contributed by atoms with E-state index in [2.05, 4.69) is 20.9 Å². The largest absolute Gasteiger partial charge is 0.508 e. The molecule has 2 aromatic heterocycles. The number of pyridine rings is 1. The molecule has 3 atom stereocenters. The second-order valence-corrected chi connectivity index (χ2v) is 12.6. The molecule has 45 heavy (non-hydrogen) atoms. The Morgan fingerprint density at radius 3 is 2.82 bits per heavy atom. The Labute approximate surface area is 259 Å². The van der Waals surface area contributed by atoms with Crippen LogP contribution < -0.4 is 9.64 Å². The molecular formula is C34H35F3N6O2. The van der Waals surface area contributed by atoms with Gasteiger partial charge in [-0.3, -0.25) is 9.88 Å². The summed E-state index contributed by atoms with van der Waals surface area (Å²) in [5, 5.41) is 21.5. The number of hydrogen-bond donors (Lipinski definition) is 1. The van der Waals surface area contributed by atoms with Gasteiger partial charge >= 0.3 is 6.01 Å². The van der Waals surface area contributed by atoms with Gasteiger partial charge in [0, 0.05) is 43.7 Å². The van der Waals surface area contributed by atoms with Gasteiger partial charge in [0.1, 0.15) is 41.4 Å². The highest BCUT2D eigenvalue weighted by atomic mass is 19.1. The fourth-order valence-corrected chi connectivity index (χ4v) is 7.63. The highest BCUT2D eigenvalue weighted by molar-refractivity contribution is 6.01. The fourth-order valence-electron chi connectivity index (χ4n) is 7.63. The molecular weight excluding hydrogens is 581 g/mol. The van der Waals surface area contributed by atoms with Crippen LogP contribution >= 0.6 is 0 Å². The van der Waals surface area contributed by atoms with E-state index < -0.39 is 23.3 Å². The van der Waals surface area contributed by atoms with Crippen LogP contribution in [-0.2, 0) is 6.42 Å². The lowest BCUT2D eigenvalue weighted by molar-refractivity contribution is 0.107. The number of rotatable bonds is 6. The van der Waals surface area contributed by atoms with Gasteiger partial charge in [-0.15, -0.1) is 0 Å². The van der Waals surface area contributed by atoms with Crippen LogP contribution in [0.1, 0.15) is 51.0 Å². The average Bonchev–Trinajstić information content (AvgIpc) is 3.44. The maximum Gasteiger partial charge on any atom is 0.319 e. The number of fused-ring (bicyclic) bond motifs is 3. The molecule has 0 aliphatic carbocycles. The fraction of sp³-hybridized carbons (Fsp3) is 0.471. The smallest absolute Gasteiger partial charge is 0.319 e. The van der Waals surface area contributed by atoms with Gasteiger partial charge in [-0.05, 0) is 79.6 Å². The number of halogens is 3. The van der Waals surface area contributed by atoms with Gasteiger partial charge in [-0.1, -0.05) is 13.0 Å². The van der Waals surface area contributed by atoms with Crippen molar-refractivity contribution in [3.8, 4) is 29.1 Å². The summed E-state index contributed by atoms with van der Waals surface area (Å²) in [5.41, 5.74) is 0.133. The van der Waals surface area contributed by atoms with Gasteiger partial charge in [0.05, 0.1) is 17.0 Å². The molecule has 0 bridgehead atoms. The Bertz CT molecular complexity index is 1830. The predicted octanol–water partition coefficient (Wildman–Crippen LogP) is 6.48. The maximum atomic E-state index is 16.8. The van der Waals surface area contributed by atoms with Crippen LogP contribution in [0.2, 0.25) is 0 Å². The summed E-state index contributed by atoms with van der Waals surface area (Å²) in [6.07, 6.45) is 5.26. The number of phenolic OH excluding ortho intramolecular Hbond substituents is 1. The number of alkyl halides is 1. The van der Waals surface area contributed by atoms with Crippen LogP contribution in [0, 0.1) is 28.9 Å². The summed E-state index contributed by atoms with van der Waals surface area (Å²) in [5.74, 6) is -0.869. The Kier molecular flexibility index (Phi) is 7.64. The van der Waals surface area contributed by atoms with Crippen molar-refractivity contribution < 1.29 is 23.0 Å². The van der Waals surface area contributed by atoms with Crippen LogP contribution in [0.5, 0.6) is 11.8 Å². The first-order valence-electron chi connectivity index (χ1n) is 15.8. The van der Waals surface area contributed by atoms with Crippen molar-refractivity contribution in [3.63, 3.8) is 0 Å². The molecule has 0 amide bonds. The molecule has 2 aromatic carbocycles. The molecule has 0 spiro atoms. The van der Waals surface area contributed by atoms with Crippen molar-refractivity contribution in [2.45, 2.75) is 63.6 Å². The minimum atomic E-state index is -0.923. The van der Waals surface area contributed by atoms with Gasteiger partial charge in [0.25, 0.3) is 0 Å². The number of phenols is 1. The van der Waals surface area contributed by atoms with E-state index in [1.165, 1.54) is 24.4 Å². The number of hydrogen-bond acceptors (Lipinski definition) is 8. The van der Waals surface area contributed by atoms with Gasteiger partial charge in [-0.25, -0.2) is 13.2 Å². The van der Waals surface area contributed by atoms with Crippen molar-refractivity contribution in [1.82, 2.24) is 19.9 Å². The van der Waals surface area contributed by atoms with Crippen molar-refractivity contribution >= 4 is 27.5 Å². The van der Waals surface area contributed by atoms with E-state index in [1.54, 1.807) is 6.07 Å². The molecule has 5 heterocycles. The zero-order chi connectivity index (χ0) is 31.3. The molecule has 3 aliphatic heterocycles. The van der Waals surface area contributed by atoms with E-state index in [0.29, 0.717) is 66.4 Å². The Balaban J connectivity index is 1.37. The minimum Gasteiger partial charge on any atom is -0.508 e. The number of nitrogens with zero attached hydrogens (tertiary/aromatic N) is 6. The number of benzene rings is 2. The lowest BCUT2D eigenvalue weighted by atomic mass is 9.94. The quantitative estimate of drug-likeness (QED) is 0.263. The second kappa shape index (κ2) is 11.6. The molecule has 0 saturated carbocycles. The minimum absolute atomic E-state index is 0.0115. The number of anilines is 1. The van der Waals surface area contributed by atoms with Crippen LogP contribution in [-0.4, -0.2) is 69.5 Å². The zero-order valence-corrected chi connectivity index (χ0v) is 25.2. The van der Waals surface area contributed by atoms with Gasteiger partial charge in [-0.2, -0.15) is 15.2 Å². The summed E-state index contributed by atoms with van der Waals surface area (Å²) in [6, 6.07) is 8.18. The van der Waals surface area contributed by atoms with E-state index >= 15 is 4.39 Å². The lowest BCUT2D eigenvalue weighted by Gasteiger charge is -2.31. The summed E-state index contributed by atoms with van der Waals surface area (Å²) >= 11 is 0. The maximum absolute atomic E-state index is 16.8. The Morgan fingerprint density at radius 1 is 1.13 bits per heavy atom. The molecule has 11 heteroatoms. The van der Waals surface area contributed by atoms with E-state index in [-0.39, 0.29) is 41.1 Å². The Morgan fingerprint density at radius 2 is 2.00 bits per heavy atom. The number of ether oxygens (including phenoxy) is 1. The summed E-state index contributed by atoms with van der Waals surface area (Å²) in [7, 11) is 0. The van der Waals surface area contributed by atoms with E-state index in [1.807, 2.05) is 11.8 Å². The first-order valence-corrected chi connectivity index (χ1v) is 15.8. The third-order valence-corrected chi connectivity index (χ3v) is 9.85. The highest BCUT2D eigenvalue weighted by Crippen LogP contribution is 2.42. The first kappa shape index (κ1) is 29.5. The average molecular weight is 617 g/mol. The molecule has 1 N–H and O–H groups in total. The molecule has 7 rings (SSSR count). The standard InChI is InChI=1S/C34H35F3N6O2/c1-2-24-27(36)7-6-21-13-23(44)14-25(28(21)24)30-29(37)31-26(17-39-30)32(42-10-3-5-20(16-38)8-12-42)41-33(40-31)45-19-34-9-4-11-43(34)18-22(35)15-34/h6-7,13-14,17,20,22,44H,2-5,8-12,15,18-19H2,1H3/t20?,22-,34+/m1/s1. The summed E-state index contributed by atoms with van der Waals surface area (Å²) in [4.78, 5) is 18.0. The van der Waals surface area contributed by atoms with E-state index in [0.717, 1.165) is 32.2 Å². The van der Waals surface area contributed by atoms with E-state index in [4.69, 9.17) is 9.72 Å². The van der Waals surface area contributed by atoms with Crippen LogP contribution in [0.3, 0.4) is 0 Å². The van der Waals surface area contributed by atoms with Crippen molar-refractivity contribution in [2.24, 2.45) is 5.92 Å². The predicted molar refractivity (Wildman–Crippen MR) is 165 cm³/mol. The molecule has 3 saturated heterocycles. The SMILES string of the molecule is CCc1c(F)ccc2cc(O)cc(-c3ncc4c(N5CCCC(C#N)CC5)nc(OC[C@@]56CCCN5C[C@H](F)C6)nc4c3F)c12.